The van der Waals surface area contributed by atoms with E-state index in [4.69, 9.17) is 9.47 Å². The first-order valence-corrected chi connectivity index (χ1v) is 29.2. The van der Waals surface area contributed by atoms with Crippen LogP contribution in [0.3, 0.4) is 0 Å². The van der Waals surface area contributed by atoms with Crippen LogP contribution in [0.5, 0.6) is 11.5 Å². The van der Waals surface area contributed by atoms with Gasteiger partial charge in [0.15, 0.2) is 21.5 Å². The molecular formula is C57H63F2N9O11S2. The van der Waals surface area contributed by atoms with Gasteiger partial charge in [-0.3, -0.25) is 24.0 Å². The number of halogens is 2. The average Bonchev–Trinajstić information content (AvgIpc) is 3.29. The number of hydrogen-bond donors (Lipinski definition) is 6. The number of likely N-dealkylation sites (tertiary alicyclic amines) is 1. The molecule has 0 unspecified atom stereocenters. The Hall–Kier alpha value is -7.80. The number of amides is 4. The Morgan fingerprint density at radius 2 is 1.78 bits per heavy atom. The molecule has 24 heteroatoms. The molecule has 0 radical (unpaired) electrons. The summed E-state index contributed by atoms with van der Waals surface area (Å²) in [6.07, 6.45) is 2.97. The van der Waals surface area contributed by atoms with Gasteiger partial charge in [0.05, 0.1) is 64.7 Å². The number of rotatable bonds is 19. The third-order valence-electron chi connectivity index (χ3n) is 14.4. The van der Waals surface area contributed by atoms with E-state index in [0.717, 1.165) is 34.2 Å². The van der Waals surface area contributed by atoms with Crippen molar-refractivity contribution in [2.45, 2.75) is 71.7 Å². The first-order chi connectivity index (χ1) is 38.4. The molecule has 1 saturated heterocycles. The first kappa shape index (κ1) is 57.9. The number of fused-ring (bicyclic) bond motifs is 1. The molecule has 4 aliphatic rings. The first-order valence-electron chi connectivity index (χ1n) is 26.2. The topological polar surface area (TPSA) is 264 Å². The summed E-state index contributed by atoms with van der Waals surface area (Å²) in [4.78, 5) is 81.9. The van der Waals surface area contributed by atoms with Crippen molar-refractivity contribution in [3.63, 3.8) is 0 Å². The second kappa shape index (κ2) is 23.7. The summed E-state index contributed by atoms with van der Waals surface area (Å²) in [7, 11) is -2.32. The summed E-state index contributed by atoms with van der Waals surface area (Å²) in [6.45, 7) is 6.86. The predicted octanol–water partition coefficient (Wildman–Crippen LogP) is 2.14. The molecule has 9 rings (SSSR count). The number of hydrogen-bond acceptors (Lipinski definition) is 16. The lowest BCUT2D eigenvalue weighted by Gasteiger charge is -2.35. The average molecular weight is 1150 g/mol. The number of carbonyl (C=O) groups is 4. The Morgan fingerprint density at radius 3 is 2.48 bits per heavy atom. The number of aryl methyl sites for hydroxylation is 2. The van der Waals surface area contributed by atoms with Crippen molar-refractivity contribution in [2.24, 2.45) is 12.5 Å². The van der Waals surface area contributed by atoms with E-state index in [9.17, 15) is 47.0 Å². The van der Waals surface area contributed by atoms with Crippen molar-refractivity contribution in [1.82, 2.24) is 40.7 Å². The Morgan fingerprint density at radius 1 is 1.01 bits per heavy atom. The highest BCUT2D eigenvalue weighted by molar-refractivity contribution is 7.91. The van der Waals surface area contributed by atoms with Gasteiger partial charge in [-0.25, -0.2) is 27.2 Å². The van der Waals surface area contributed by atoms with Crippen LogP contribution in [0.2, 0.25) is 0 Å². The van der Waals surface area contributed by atoms with E-state index in [-0.39, 0.29) is 91.1 Å². The van der Waals surface area contributed by atoms with Gasteiger partial charge in [-0.15, -0.1) is 11.3 Å². The predicted molar refractivity (Wildman–Crippen MR) is 298 cm³/mol. The Labute approximate surface area is 469 Å². The van der Waals surface area contributed by atoms with Gasteiger partial charge in [-0.2, -0.15) is 0 Å². The van der Waals surface area contributed by atoms with Crippen molar-refractivity contribution in [3.8, 4) is 21.9 Å². The van der Waals surface area contributed by atoms with Gasteiger partial charge in [-0.1, -0.05) is 45.0 Å². The monoisotopic (exact) mass is 1150 g/mol. The van der Waals surface area contributed by atoms with E-state index in [0.29, 0.717) is 47.1 Å². The number of thiazole rings is 1. The number of aromatic nitrogens is 3. The quantitative estimate of drug-likeness (QED) is 0.0648. The molecule has 6 N–H and O–H groups in total. The number of nitrogens with one attached hydrogen (secondary N) is 4. The number of sulfone groups is 1. The molecule has 4 amide bonds. The molecule has 81 heavy (non-hydrogen) atoms. The molecule has 0 bridgehead atoms. The molecule has 3 aromatic heterocycles. The lowest BCUT2D eigenvalue weighted by Crippen LogP contribution is -2.58. The third-order valence-corrected chi connectivity index (χ3v) is 16.1. The smallest absolute Gasteiger partial charge is 0.260 e. The van der Waals surface area contributed by atoms with Crippen molar-refractivity contribution >= 4 is 61.9 Å². The van der Waals surface area contributed by atoms with Crippen molar-refractivity contribution < 1.29 is 56.1 Å². The van der Waals surface area contributed by atoms with E-state index in [1.165, 1.54) is 32.7 Å². The van der Waals surface area contributed by atoms with Crippen molar-refractivity contribution in [2.75, 3.05) is 62.9 Å². The summed E-state index contributed by atoms with van der Waals surface area (Å²) in [5, 5.41) is 33.4. The Kier molecular flexibility index (Phi) is 17.0. The fraction of sp³-hybridized carbons (Fsp3) is 0.386. The molecule has 0 saturated carbocycles. The number of aliphatic hydroxyl groups is 1. The normalized spacial score (nSPS) is 17.3. The van der Waals surface area contributed by atoms with Gasteiger partial charge >= 0.3 is 0 Å². The highest BCUT2D eigenvalue weighted by atomic mass is 32.2. The standard InChI is InChI=1S/C57H63F2N9O11S2/c1-31-50(80-30-64-31)34-9-7-32(8-10-34)24-63-53(72)44-23-37(70)26-68(44)56(75)51(57(2,3)4)65-45(71)28-78-17-13-33-19-36(69)22-38(20-33)79-18-15-61-54(73)46-40-27-67(52-42(59)21-35(58)25-62-52)43-11-14-60-49(47(40)43)48-39(12-16-66(5)55(48)74)41(46)29-81(6,76)77/h7-10,12,16,19-22,25,30,37,44,51,60,69-70H,11,13-15,17-18,23-24,26-29H2,1-6H3,(H,61,73)(H,63,72)(H,65,71)/t37-,44+,51-/m1/s1. The number of ether oxygens (including phenoxy) is 2. The van der Waals surface area contributed by atoms with Crippen LogP contribution >= 0.6 is 11.3 Å². The van der Waals surface area contributed by atoms with Gasteiger partial charge in [0.1, 0.15) is 42.6 Å². The Balaban J connectivity index is 0.817. The number of aromatic hydroxyl groups is 1. The number of carbonyl (C=O) groups excluding carboxylic acids is 4. The molecule has 428 valence electrons. The van der Waals surface area contributed by atoms with Gasteiger partial charge in [0, 0.05) is 81.0 Å². The highest BCUT2D eigenvalue weighted by Crippen LogP contribution is 2.43. The summed E-state index contributed by atoms with van der Waals surface area (Å²) >= 11 is 1.54. The zero-order valence-corrected chi connectivity index (χ0v) is 47.2. The number of nitrogens with zero attached hydrogens (tertiary/aromatic N) is 5. The summed E-state index contributed by atoms with van der Waals surface area (Å²) in [6, 6.07) is 12.5. The number of anilines is 1. The Bertz CT molecular complexity index is 3710. The molecule has 2 aromatic carbocycles. The molecule has 0 spiro atoms. The molecule has 5 aromatic rings. The van der Waals surface area contributed by atoms with Crippen LogP contribution < -0.4 is 46.9 Å². The minimum Gasteiger partial charge on any atom is -0.508 e. The lowest BCUT2D eigenvalue weighted by atomic mass is 9.85. The summed E-state index contributed by atoms with van der Waals surface area (Å²) in [5.41, 5.74) is 5.46. The number of β-amino-alcohol motifs (C(OH)–C–C–N with tert-alkyl or cyclic N) is 1. The van der Waals surface area contributed by atoms with Crippen LogP contribution in [0, 0.1) is 24.0 Å². The molecular weight excluding hydrogens is 1090 g/mol. The zero-order chi connectivity index (χ0) is 58.1. The molecule has 3 aliphatic heterocycles. The highest BCUT2D eigenvalue weighted by Gasteiger charge is 2.45. The zero-order valence-electron chi connectivity index (χ0n) is 45.5. The maximum atomic E-state index is 15.4. The maximum absolute atomic E-state index is 15.4. The minimum atomic E-state index is -3.86. The van der Waals surface area contributed by atoms with E-state index in [2.05, 4.69) is 31.2 Å². The fourth-order valence-electron chi connectivity index (χ4n) is 10.6. The molecule has 20 nitrogen and oxygen atoms in total. The lowest BCUT2D eigenvalue weighted by molar-refractivity contribution is -0.144. The van der Waals surface area contributed by atoms with Gasteiger partial charge < -0.3 is 55.3 Å². The van der Waals surface area contributed by atoms with Gasteiger partial charge in [0.2, 0.25) is 17.7 Å². The fourth-order valence-corrected chi connectivity index (χ4v) is 12.2. The number of phenols is 1. The van der Waals surface area contributed by atoms with E-state index < -0.39 is 86.6 Å². The van der Waals surface area contributed by atoms with Gasteiger partial charge in [-0.05, 0) is 70.0 Å². The van der Waals surface area contributed by atoms with E-state index in [1.54, 1.807) is 56.8 Å². The van der Waals surface area contributed by atoms with E-state index in [1.807, 2.05) is 31.2 Å². The van der Waals surface area contributed by atoms with Crippen LogP contribution in [0.4, 0.5) is 14.6 Å². The third kappa shape index (κ3) is 12.9. The number of aliphatic hydroxyl groups excluding tert-OH is 1. The number of pyridine rings is 2. The molecule has 3 atom stereocenters. The van der Waals surface area contributed by atoms with Crippen molar-refractivity contribution in [1.29, 1.82) is 0 Å². The van der Waals surface area contributed by atoms with Crippen LogP contribution in [-0.2, 0) is 53.8 Å². The van der Waals surface area contributed by atoms with Crippen LogP contribution in [0.25, 0.3) is 21.7 Å². The second-order valence-electron chi connectivity index (χ2n) is 21.5. The summed E-state index contributed by atoms with van der Waals surface area (Å²) < 4.78 is 68.9. The SMILES string of the molecule is Cc1ncsc1-c1ccc(CNC(=O)[C@@H]2C[C@@H](O)CN2C(=O)[C@@H](NC(=O)COCCc2cc(O)cc(OCCNC(=O)C3=C4CN(c5ncc(F)cc5F)C5=C4C(=c4c(ccn(C)c4=O)=C3CS(C)(=O)=O)NCC5)c2)C(C)(C)C)cc1. The molecule has 1 aliphatic carbocycles. The number of benzene rings is 2. The van der Waals surface area contributed by atoms with Crippen LogP contribution in [0.1, 0.15) is 50.4 Å². The van der Waals surface area contributed by atoms with Crippen molar-refractivity contribution in [3.05, 3.63) is 144 Å². The summed E-state index contributed by atoms with van der Waals surface area (Å²) in [5.74, 6) is -4.86. The minimum absolute atomic E-state index is 0.0156. The van der Waals surface area contributed by atoms with E-state index >= 15 is 4.39 Å². The largest absolute Gasteiger partial charge is 0.508 e. The van der Waals surface area contributed by atoms with Gasteiger partial charge in [0.25, 0.3) is 11.5 Å². The second-order valence-corrected chi connectivity index (χ2v) is 24.5. The van der Waals surface area contributed by atoms with Crippen LogP contribution in [-0.4, -0.2) is 138 Å². The number of phenolic OH excluding ortho intramolecular Hbond substituents is 1. The molecule has 6 heterocycles. The maximum Gasteiger partial charge on any atom is 0.260 e. The van der Waals surface area contributed by atoms with Crippen LogP contribution in [0.15, 0.2) is 99.7 Å². The molecule has 1 fully saturated rings.